The number of phenolic OH excluding ortho intramolecular Hbond substituents is 1. The van der Waals surface area contributed by atoms with Crippen molar-refractivity contribution in [3.8, 4) is 5.75 Å². The highest BCUT2D eigenvalue weighted by Crippen LogP contribution is 2.36. The van der Waals surface area contributed by atoms with Crippen molar-refractivity contribution in [1.82, 2.24) is 0 Å². The van der Waals surface area contributed by atoms with Crippen molar-refractivity contribution in [2.24, 2.45) is 0 Å². The summed E-state index contributed by atoms with van der Waals surface area (Å²) >= 11 is 0. The molecule has 0 saturated carbocycles. The summed E-state index contributed by atoms with van der Waals surface area (Å²) in [5.74, 6) is 0.267. The Morgan fingerprint density at radius 1 is 0.893 bits per heavy atom. The van der Waals surface area contributed by atoms with Crippen LogP contribution in [0.2, 0.25) is 0 Å². The summed E-state index contributed by atoms with van der Waals surface area (Å²) in [6.07, 6.45) is 4.98. The third-order valence-corrected chi connectivity index (χ3v) is 5.46. The predicted octanol–water partition coefficient (Wildman–Crippen LogP) is 4.45. The fourth-order valence-corrected chi connectivity index (χ4v) is 4.25. The van der Waals surface area contributed by atoms with Gasteiger partial charge in [-0.25, -0.2) is 8.42 Å². The Morgan fingerprint density at radius 2 is 1.64 bits per heavy atom. The highest BCUT2D eigenvalue weighted by atomic mass is 32.2. The Hall–Kier alpha value is -3.05. The van der Waals surface area contributed by atoms with Gasteiger partial charge in [0, 0.05) is 5.69 Å². The van der Waals surface area contributed by atoms with E-state index in [9.17, 15) is 13.5 Å². The second kappa shape index (κ2) is 7.17. The quantitative estimate of drug-likeness (QED) is 0.693. The minimum atomic E-state index is -3.33. The van der Waals surface area contributed by atoms with Gasteiger partial charge in [-0.3, -0.25) is 4.72 Å². The van der Waals surface area contributed by atoms with Crippen LogP contribution in [0.25, 0.3) is 11.6 Å². The molecule has 0 unspecified atom stereocenters. The van der Waals surface area contributed by atoms with Gasteiger partial charge in [-0.1, -0.05) is 42.5 Å². The first kappa shape index (κ1) is 18.3. The van der Waals surface area contributed by atoms with Crippen molar-refractivity contribution in [3.63, 3.8) is 0 Å². The van der Waals surface area contributed by atoms with E-state index in [2.05, 4.69) is 22.9 Å². The second-order valence-electron chi connectivity index (χ2n) is 7.06. The number of fused-ring (bicyclic) bond motifs is 2. The smallest absolute Gasteiger partial charge is 0.229 e. The fourth-order valence-electron chi connectivity index (χ4n) is 3.69. The number of nitrogens with one attached hydrogen (secondary N) is 1. The number of phenols is 1. The van der Waals surface area contributed by atoms with Crippen molar-refractivity contribution in [1.29, 1.82) is 0 Å². The van der Waals surface area contributed by atoms with E-state index in [0.717, 1.165) is 46.9 Å². The zero-order valence-electron chi connectivity index (χ0n) is 15.5. The minimum absolute atomic E-state index is 0.267. The van der Waals surface area contributed by atoms with Crippen molar-refractivity contribution >= 4 is 27.4 Å². The topological polar surface area (TPSA) is 66.4 Å². The third kappa shape index (κ3) is 3.94. The summed E-state index contributed by atoms with van der Waals surface area (Å²) in [5.41, 5.74) is 7.11. The van der Waals surface area contributed by atoms with Gasteiger partial charge in [-0.05, 0) is 76.6 Å². The molecule has 0 spiro atoms. The molecule has 0 radical (unpaired) electrons. The molecule has 4 nitrogen and oxygen atoms in total. The molecule has 5 heteroatoms. The van der Waals surface area contributed by atoms with Crippen LogP contribution in [0, 0.1) is 0 Å². The molecule has 28 heavy (non-hydrogen) atoms. The van der Waals surface area contributed by atoms with Gasteiger partial charge in [-0.2, -0.15) is 0 Å². The number of anilines is 1. The van der Waals surface area contributed by atoms with Gasteiger partial charge in [0.25, 0.3) is 0 Å². The van der Waals surface area contributed by atoms with Gasteiger partial charge in [-0.15, -0.1) is 0 Å². The molecule has 0 amide bonds. The van der Waals surface area contributed by atoms with Gasteiger partial charge in [0.2, 0.25) is 10.0 Å². The van der Waals surface area contributed by atoms with Crippen molar-refractivity contribution < 1.29 is 13.5 Å². The molecule has 2 N–H and O–H groups in total. The van der Waals surface area contributed by atoms with Crippen LogP contribution in [0.4, 0.5) is 5.69 Å². The molecular weight excluding hydrogens is 370 g/mol. The maximum absolute atomic E-state index is 11.6. The Kier molecular flexibility index (Phi) is 4.69. The molecular formula is C23H21NO3S. The van der Waals surface area contributed by atoms with Crippen LogP contribution in [-0.4, -0.2) is 19.8 Å². The van der Waals surface area contributed by atoms with Gasteiger partial charge in [0.05, 0.1) is 6.26 Å². The van der Waals surface area contributed by atoms with E-state index >= 15 is 0 Å². The molecule has 142 valence electrons. The first-order valence-electron chi connectivity index (χ1n) is 9.09. The van der Waals surface area contributed by atoms with E-state index in [0.29, 0.717) is 5.69 Å². The largest absolute Gasteiger partial charge is 0.508 e. The number of hydrogen-bond donors (Lipinski definition) is 2. The second-order valence-corrected chi connectivity index (χ2v) is 8.80. The number of aryl methyl sites for hydroxylation is 2. The third-order valence-electron chi connectivity index (χ3n) is 4.85. The Labute approximate surface area is 165 Å². The number of benzene rings is 3. The maximum Gasteiger partial charge on any atom is 0.229 e. The van der Waals surface area contributed by atoms with E-state index in [1.807, 2.05) is 42.5 Å². The molecule has 4 rings (SSSR count). The lowest BCUT2D eigenvalue weighted by atomic mass is 9.92. The Morgan fingerprint density at radius 3 is 2.46 bits per heavy atom. The Balaban J connectivity index is 1.88. The highest BCUT2D eigenvalue weighted by Gasteiger charge is 2.18. The average Bonchev–Trinajstić information content (AvgIpc) is 2.78. The molecule has 0 heterocycles. The zero-order chi connectivity index (χ0) is 19.7. The van der Waals surface area contributed by atoms with Crippen LogP contribution in [0.15, 0.2) is 66.7 Å². The van der Waals surface area contributed by atoms with Gasteiger partial charge in [0.15, 0.2) is 0 Å². The van der Waals surface area contributed by atoms with Crippen molar-refractivity contribution in [3.05, 3.63) is 94.5 Å². The summed E-state index contributed by atoms with van der Waals surface area (Å²) in [6, 6.07) is 21.2. The van der Waals surface area contributed by atoms with Crippen LogP contribution < -0.4 is 4.72 Å². The van der Waals surface area contributed by atoms with E-state index in [1.165, 1.54) is 5.56 Å². The lowest BCUT2D eigenvalue weighted by Crippen LogP contribution is -2.09. The van der Waals surface area contributed by atoms with Crippen LogP contribution in [0.3, 0.4) is 0 Å². The van der Waals surface area contributed by atoms with Gasteiger partial charge in [0.1, 0.15) is 5.75 Å². The monoisotopic (exact) mass is 391 g/mol. The summed E-state index contributed by atoms with van der Waals surface area (Å²) in [5, 5.41) is 9.93. The number of rotatable bonds is 3. The van der Waals surface area contributed by atoms with Crippen LogP contribution >= 0.6 is 0 Å². The zero-order valence-corrected chi connectivity index (χ0v) is 16.3. The molecule has 0 aromatic heterocycles. The standard InChI is InChI=1S/C23H21NO3S/c1-28(26,27)24-19-7-4-5-16(13-19)14-23-21-8-3-2-6-17(21)9-10-18-15-20(25)11-12-22(18)23/h2-8,11-15,24-25H,9-10H2,1H3/b23-14-. The fraction of sp³-hybridized carbons (Fsp3) is 0.130. The summed E-state index contributed by atoms with van der Waals surface area (Å²) in [7, 11) is -3.33. The van der Waals surface area contributed by atoms with Crippen LogP contribution in [0.1, 0.15) is 27.8 Å². The molecule has 1 aliphatic rings. The molecule has 3 aromatic rings. The van der Waals surface area contributed by atoms with Gasteiger partial charge < -0.3 is 5.11 Å². The number of aromatic hydroxyl groups is 1. The van der Waals surface area contributed by atoms with E-state index in [1.54, 1.807) is 12.1 Å². The first-order valence-corrected chi connectivity index (χ1v) is 11.0. The minimum Gasteiger partial charge on any atom is -0.508 e. The highest BCUT2D eigenvalue weighted by molar-refractivity contribution is 7.92. The van der Waals surface area contributed by atoms with E-state index < -0.39 is 10.0 Å². The number of hydrogen-bond acceptors (Lipinski definition) is 3. The molecule has 0 atom stereocenters. The summed E-state index contributed by atoms with van der Waals surface area (Å²) in [6.45, 7) is 0. The normalized spacial score (nSPS) is 14.8. The molecule has 0 fully saturated rings. The van der Waals surface area contributed by atoms with E-state index in [-0.39, 0.29) is 5.75 Å². The Bertz CT molecular complexity index is 1180. The summed E-state index contributed by atoms with van der Waals surface area (Å²) < 4.78 is 25.6. The van der Waals surface area contributed by atoms with E-state index in [4.69, 9.17) is 0 Å². The predicted molar refractivity (Wildman–Crippen MR) is 114 cm³/mol. The first-order chi connectivity index (χ1) is 13.4. The molecule has 0 saturated heterocycles. The van der Waals surface area contributed by atoms with Crippen molar-refractivity contribution in [2.75, 3.05) is 11.0 Å². The summed E-state index contributed by atoms with van der Waals surface area (Å²) in [4.78, 5) is 0. The molecule has 3 aromatic carbocycles. The molecule has 1 aliphatic carbocycles. The SMILES string of the molecule is CS(=O)(=O)Nc1cccc(/C=C2/c3ccccc3CCc3cc(O)ccc32)c1. The lowest BCUT2D eigenvalue weighted by molar-refractivity contribution is 0.474. The van der Waals surface area contributed by atoms with Crippen molar-refractivity contribution in [2.45, 2.75) is 12.8 Å². The lowest BCUT2D eigenvalue weighted by Gasteiger charge is -2.13. The average molecular weight is 391 g/mol. The van der Waals surface area contributed by atoms with Gasteiger partial charge >= 0.3 is 0 Å². The molecule has 0 aliphatic heterocycles. The van der Waals surface area contributed by atoms with Crippen LogP contribution in [0.5, 0.6) is 5.75 Å². The molecule has 0 bridgehead atoms. The van der Waals surface area contributed by atoms with Crippen LogP contribution in [-0.2, 0) is 22.9 Å². The number of sulfonamides is 1. The maximum atomic E-state index is 11.6.